The normalized spacial score (nSPS) is 10.9. The lowest BCUT2D eigenvalue weighted by Gasteiger charge is -2.13. The predicted molar refractivity (Wildman–Crippen MR) is 106 cm³/mol. The van der Waals surface area contributed by atoms with Crippen LogP contribution in [0, 0.1) is 13.8 Å². The highest BCUT2D eigenvalue weighted by Gasteiger charge is 2.08. The molecule has 0 spiro atoms. The number of nitrogens with zero attached hydrogens (tertiary/aromatic N) is 1. The molecule has 6 nitrogen and oxygen atoms in total. The minimum absolute atomic E-state index is 0.0505. The fourth-order valence-corrected chi connectivity index (χ4v) is 2.49. The van der Waals surface area contributed by atoms with Crippen molar-refractivity contribution in [3.05, 3.63) is 53.1 Å². The summed E-state index contributed by atoms with van der Waals surface area (Å²) in [5.41, 5.74) is 5.21. The molecule has 0 bridgehead atoms. The van der Waals surface area contributed by atoms with Gasteiger partial charge in [-0.3, -0.25) is 4.79 Å². The number of hydrazone groups is 1. The molecule has 0 unspecified atom stereocenters. The fraction of sp³-hybridized carbons (Fsp3) is 0.333. The molecule has 0 aliphatic rings. The molecule has 0 saturated carbocycles. The van der Waals surface area contributed by atoms with Crippen molar-refractivity contribution in [3.8, 4) is 17.2 Å². The molecular formula is C21H26N2O4. The highest BCUT2D eigenvalue weighted by atomic mass is 16.5. The SMILES string of the molecule is COc1cc(/C=N\NC(=O)COc2c(C)cccc2C)ccc1OC(C)C. The lowest BCUT2D eigenvalue weighted by atomic mass is 10.1. The molecule has 1 amide bonds. The standard InChI is InChI=1S/C21H26N2O4/c1-14(2)27-18-10-9-17(11-19(18)25-5)12-22-23-20(24)13-26-21-15(3)7-6-8-16(21)4/h6-12,14H,13H2,1-5H3,(H,23,24)/b22-12-. The molecule has 27 heavy (non-hydrogen) atoms. The monoisotopic (exact) mass is 370 g/mol. The van der Waals surface area contributed by atoms with E-state index in [0.717, 1.165) is 22.4 Å². The number of ether oxygens (including phenoxy) is 3. The van der Waals surface area contributed by atoms with Crippen LogP contribution in [-0.2, 0) is 4.79 Å². The number of benzene rings is 2. The first kappa shape index (κ1) is 20.3. The molecule has 0 aliphatic heterocycles. The molecule has 0 fully saturated rings. The molecule has 0 radical (unpaired) electrons. The average Bonchev–Trinajstić information content (AvgIpc) is 2.62. The van der Waals surface area contributed by atoms with Crippen LogP contribution in [0.5, 0.6) is 17.2 Å². The van der Waals surface area contributed by atoms with Gasteiger partial charge < -0.3 is 14.2 Å². The minimum atomic E-state index is -0.333. The van der Waals surface area contributed by atoms with Crippen molar-refractivity contribution in [1.82, 2.24) is 5.43 Å². The number of nitrogens with one attached hydrogen (secondary N) is 1. The summed E-state index contributed by atoms with van der Waals surface area (Å²) in [6, 6.07) is 11.3. The third-order valence-electron chi connectivity index (χ3n) is 3.71. The first-order valence-electron chi connectivity index (χ1n) is 8.76. The Balaban J connectivity index is 1.92. The Morgan fingerprint density at radius 1 is 1.15 bits per heavy atom. The number of aryl methyl sites for hydroxylation is 2. The summed E-state index contributed by atoms with van der Waals surface area (Å²) in [6.45, 7) is 7.68. The Bertz CT molecular complexity index is 796. The van der Waals surface area contributed by atoms with E-state index in [0.29, 0.717) is 11.5 Å². The van der Waals surface area contributed by atoms with Gasteiger partial charge >= 0.3 is 0 Å². The summed E-state index contributed by atoms with van der Waals surface area (Å²) >= 11 is 0. The van der Waals surface area contributed by atoms with Gasteiger partial charge in [-0.15, -0.1) is 0 Å². The van der Waals surface area contributed by atoms with E-state index in [2.05, 4.69) is 10.5 Å². The van der Waals surface area contributed by atoms with E-state index in [4.69, 9.17) is 14.2 Å². The quantitative estimate of drug-likeness (QED) is 0.569. The van der Waals surface area contributed by atoms with Crippen molar-refractivity contribution in [2.24, 2.45) is 5.10 Å². The zero-order chi connectivity index (χ0) is 19.8. The van der Waals surface area contributed by atoms with E-state index in [9.17, 15) is 4.79 Å². The van der Waals surface area contributed by atoms with E-state index in [1.54, 1.807) is 19.4 Å². The molecular weight excluding hydrogens is 344 g/mol. The average molecular weight is 370 g/mol. The van der Waals surface area contributed by atoms with Crippen LogP contribution in [0.15, 0.2) is 41.5 Å². The number of para-hydroxylation sites is 1. The molecule has 2 aromatic rings. The third-order valence-corrected chi connectivity index (χ3v) is 3.71. The first-order chi connectivity index (χ1) is 12.9. The number of methoxy groups -OCH3 is 1. The van der Waals surface area contributed by atoms with Crippen molar-refractivity contribution >= 4 is 12.1 Å². The van der Waals surface area contributed by atoms with Crippen LogP contribution in [0.25, 0.3) is 0 Å². The van der Waals surface area contributed by atoms with E-state index < -0.39 is 0 Å². The van der Waals surface area contributed by atoms with Gasteiger partial charge in [0.05, 0.1) is 19.4 Å². The van der Waals surface area contributed by atoms with Crippen molar-refractivity contribution in [1.29, 1.82) is 0 Å². The van der Waals surface area contributed by atoms with E-state index in [1.807, 2.05) is 58.0 Å². The fourth-order valence-electron chi connectivity index (χ4n) is 2.49. The van der Waals surface area contributed by atoms with Crippen LogP contribution in [0.4, 0.5) is 0 Å². The molecule has 0 aromatic heterocycles. The van der Waals surface area contributed by atoms with Crippen LogP contribution in [0.1, 0.15) is 30.5 Å². The summed E-state index contributed by atoms with van der Waals surface area (Å²) < 4.78 is 16.6. The Hall–Kier alpha value is -3.02. The van der Waals surface area contributed by atoms with E-state index in [-0.39, 0.29) is 18.6 Å². The second-order valence-electron chi connectivity index (χ2n) is 6.38. The van der Waals surface area contributed by atoms with Gasteiger partial charge in [-0.2, -0.15) is 5.10 Å². The van der Waals surface area contributed by atoms with Crippen LogP contribution >= 0.6 is 0 Å². The third kappa shape index (κ3) is 6.02. The molecule has 144 valence electrons. The van der Waals surface area contributed by atoms with Crippen LogP contribution in [-0.4, -0.2) is 31.9 Å². The lowest BCUT2D eigenvalue weighted by molar-refractivity contribution is -0.123. The molecule has 2 rings (SSSR count). The second-order valence-corrected chi connectivity index (χ2v) is 6.38. The van der Waals surface area contributed by atoms with Crippen molar-refractivity contribution in [2.45, 2.75) is 33.8 Å². The molecule has 0 aliphatic carbocycles. The summed E-state index contributed by atoms with van der Waals surface area (Å²) in [5.74, 6) is 1.66. The number of amides is 1. The highest BCUT2D eigenvalue weighted by molar-refractivity contribution is 5.83. The van der Waals surface area contributed by atoms with E-state index >= 15 is 0 Å². The molecule has 0 saturated heterocycles. The zero-order valence-corrected chi connectivity index (χ0v) is 16.4. The topological polar surface area (TPSA) is 69.2 Å². The lowest BCUT2D eigenvalue weighted by Crippen LogP contribution is -2.25. The Labute approximate surface area is 160 Å². The Morgan fingerprint density at radius 2 is 1.85 bits per heavy atom. The van der Waals surface area contributed by atoms with Gasteiger partial charge in [-0.1, -0.05) is 18.2 Å². The van der Waals surface area contributed by atoms with Gasteiger partial charge in [0.25, 0.3) is 5.91 Å². The Kier molecular flexibility index (Phi) is 7.23. The highest BCUT2D eigenvalue weighted by Crippen LogP contribution is 2.28. The maximum Gasteiger partial charge on any atom is 0.277 e. The maximum atomic E-state index is 11.9. The van der Waals surface area contributed by atoms with Crippen molar-refractivity contribution in [2.75, 3.05) is 13.7 Å². The number of carbonyl (C=O) groups is 1. The summed E-state index contributed by atoms with van der Waals surface area (Å²) in [6.07, 6.45) is 1.59. The summed E-state index contributed by atoms with van der Waals surface area (Å²) in [4.78, 5) is 11.9. The maximum absolute atomic E-state index is 11.9. The van der Waals surface area contributed by atoms with Crippen LogP contribution in [0.2, 0.25) is 0 Å². The molecule has 0 heterocycles. The summed E-state index contributed by atoms with van der Waals surface area (Å²) in [5, 5.41) is 3.96. The van der Waals surface area contributed by atoms with Crippen LogP contribution in [0.3, 0.4) is 0 Å². The van der Waals surface area contributed by atoms with Gasteiger partial charge in [0.1, 0.15) is 5.75 Å². The van der Waals surface area contributed by atoms with Gasteiger partial charge in [0.2, 0.25) is 0 Å². The largest absolute Gasteiger partial charge is 0.493 e. The number of hydrogen-bond acceptors (Lipinski definition) is 5. The number of hydrogen-bond donors (Lipinski definition) is 1. The van der Waals surface area contributed by atoms with Gasteiger partial charge in [-0.05, 0) is 62.6 Å². The molecule has 6 heteroatoms. The Morgan fingerprint density at radius 3 is 2.48 bits per heavy atom. The van der Waals surface area contributed by atoms with Gasteiger partial charge in [0.15, 0.2) is 18.1 Å². The minimum Gasteiger partial charge on any atom is -0.493 e. The van der Waals surface area contributed by atoms with Crippen molar-refractivity contribution < 1.29 is 19.0 Å². The predicted octanol–water partition coefficient (Wildman–Crippen LogP) is 3.63. The second kappa shape index (κ2) is 9.62. The van der Waals surface area contributed by atoms with Crippen LogP contribution < -0.4 is 19.6 Å². The van der Waals surface area contributed by atoms with E-state index in [1.165, 1.54) is 0 Å². The van der Waals surface area contributed by atoms with Crippen molar-refractivity contribution in [3.63, 3.8) is 0 Å². The number of carbonyl (C=O) groups excluding carboxylic acids is 1. The first-order valence-corrected chi connectivity index (χ1v) is 8.76. The molecule has 2 aromatic carbocycles. The molecule has 1 N–H and O–H groups in total. The van der Waals surface area contributed by atoms with Gasteiger partial charge in [-0.25, -0.2) is 5.43 Å². The summed E-state index contributed by atoms with van der Waals surface area (Å²) in [7, 11) is 1.58. The zero-order valence-electron chi connectivity index (χ0n) is 16.4. The number of rotatable bonds is 8. The molecule has 0 atom stereocenters. The smallest absolute Gasteiger partial charge is 0.277 e. The van der Waals surface area contributed by atoms with Gasteiger partial charge in [0, 0.05) is 0 Å².